The van der Waals surface area contributed by atoms with Crippen molar-refractivity contribution in [2.24, 2.45) is 0 Å². The number of aryl methyl sites for hydroxylation is 1. The van der Waals surface area contributed by atoms with Crippen molar-refractivity contribution in [3.05, 3.63) is 46.7 Å². The number of hydrogen-bond donors (Lipinski definition) is 2. The van der Waals surface area contributed by atoms with E-state index in [9.17, 15) is 4.79 Å². The van der Waals surface area contributed by atoms with E-state index in [4.69, 9.17) is 11.6 Å². The van der Waals surface area contributed by atoms with E-state index in [0.29, 0.717) is 28.4 Å². The van der Waals surface area contributed by atoms with Crippen LogP contribution in [-0.2, 0) is 0 Å². The van der Waals surface area contributed by atoms with Crippen molar-refractivity contribution in [1.29, 1.82) is 0 Å². The number of carbonyl (C=O) groups excluding carboxylic acids is 1. The van der Waals surface area contributed by atoms with Crippen LogP contribution in [0, 0.1) is 6.92 Å². The lowest BCUT2D eigenvalue weighted by molar-refractivity contribution is 0.102. The Hall–Kier alpha value is -2.14. The predicted octanol–water partition coefficient (Wildman–Crippen LogP) is 3.27. The molecule has 1 aromatic heterocycles. The maximum absolute atomic E-state index is 12.2. The highest BCUT2D eigenvalue weighted by Gasteiger charge is 2.22. The smallest absolute Gasteiger partial charge is 0.274 e. The second kappa shape index (κ2) is 5.69. The molecule has 2 N–H and O–H groups in total. The molecule has 0 atom stereocenters. The summed E-state index contributed by atoms with van der Waals surface area (Å²) in [4.78, 5) is 20.5. The van der Waals surface area contributed by atoms with Crippen molar-refractivity contribution in [3.63, 3.8) is 0 Å². The monoisotopic (exact) mass is 302 g/mol. The second-order valence-electron chi connectivity index (χ2n) is 5.10. The molecule has 0 spiro atoms. The Balaban J connectivity index is 1.73. The van der Waals surface area contributed by atoms with E-state index < -0.39 is 0 Å². The summed E-state index contributed by atoms with van der Waals surface area (Å²) >= 11 is 6.05. The maximum Gasteiger partial charge on any atom is 0.274 e. The molecule has 0 unspecified atom stereocenters. The summed E-state index contributed by atoms with van der Waals surface area (Å²) in [5.74, 6) is 0.211. The number of amides is 1. The molecular weight excluding hydrogens is 288 g/mol. The number of aromatic nitrogens is 2. The molecule has 1 aromatic carbocycles. The molecule has 21 heavy (non-hydrogen) atoms. The van der Waals surface area contributed by atoms with Gasteiger partial charge in [0.25, 0.3) is 5.91 Å². The molecule has 0 saturated heterocycles. The summed E-state index contributed by atoms with van der Waals surface area (Å²) in [7, 11) is 0. The van der Waals surface area contributed by atoms with Crippen LogP contribution < -0.4 is 10.6 Å². The van der Waals surface area contributed by atoms with Crippen molar-refractivity contribution in [3.8, 4) is 0 Å². The molecule has 1 aliphatic carbocycles. The van der Waals surface area contributed by atoms with Crippen LogP contribution in [0.4, 0.5) is 11.6 Å². The van der Waals surface area contributed by atoms with Crippen LogP contribution in [0.15, 0.2) is 30.5 Å². The lowest BCUT2D eigenvalue weighted by atomic mass is 10.2. The Morgan fingerprint density at radius 3 is 2.86 bits per heavy atom. The lowest BCUT2D eigenvalue weighted by Crippen LogP contribution is -2.15. The van der Waals surface area contributed by atoms with Gasteiger partial charge in [-0.05, 0) is 43.5 Å². The van der Waals surface area contributed by atoms with Crippen LogP contribution in [0.1, 0.15) is 28.9 Å². The normalized spacial score (nSPS) is 13.8. The van der Waals surface area contributed by atoms with E-state index in [2.05, 4.69) is 20.6 Å². The van der Waals surface area contributed by atoms with Gasteiger partial charge in [0.05, 0.1) is 0 Å². The van der Waals surface area contributed by atoms with E-state index >= 15 is 0 Å². The number of halogens is 1. The highest BCUT2D eigenvalue weighted by Crippen LogP contribution is 2.23. The molecule has 3 rings (SSSR count). The Bertz CT molecular complexity index is 685. The summed E-state index contributed by atoms with van der Waals surface area (Å²) in [6.07, 6.45) is 3.83. The van der Waals surface area contributed by atoms with Crippen LogP contribution in [0.5, 0.6) is 0 Å². The SMILES string of the molecule is Cc1ccc(NC(=O)c2ccnc(NC3CC3)n2)cc1Cl. The Morgan fingerprint density at radius 1 is 1.33 bits per heavy atom. The minimum absolute atomic E-state index is 0.281. The summed E-state index contributed by atoms with van der Waals surface area (Å²) in [6.45, 7) is 1.91. The Kier molecular flexibility index (Phi) is 3.75. The van der Waals surface area contributed by atoms with Gasteiger partial charge in [0.15, 0.2) is 0 Å². The first kappa shape index (κ1) is 13.8. The van der Waals surface area contributed by atoms with Crippen molar-refractivity contribution >= 4 is 29.1 Å². The van der Waals surface area contributed by atoms with Crippen molar-refractivity contribution in [2.75, 3.05) is 10.6 Å². The van der Waals surface area contributed by atoms with E-state index in [-0.39, 0.29) is 5.91 Å². The van der Waals surface area contributed by atoms with E-state index in [1.165, 1.54) is 0 Å². The zero-order valence-electron chi connectivity index (χ0n) is 11.6. The quantitative estimate of drug-likeness (QED) is 0.909. The molecule has 5 nitrogen and oxygen atoms in total. The number of hydrogen-bond acceptors (Lipinski definition) is 4. The largest absolute Gasteiger partial charge is 0.351 e. The summed E-state index contributed by atoms with van der Waals surface area (Å²) < 4.78 is 0. The van der Waals surface area contributed by atoms with Gasteiger partial charge >= 0.3 is 0 Å². The number of anilines is 2. The molecule has 1 amide bonds. The number of carbonyl (C=O) groups is 1. The zero-order chi connectivity index (χ0) is 14.8. The van der Waals surface area contributed by atoms with Gasteiger partial charge < -0.3 is 10.6 Å². The number of nitrogens with one attached hydrogen (secondary N) is 2. The average Bonchev–Trinajstić information content (AvgIpc) is 3.27. The van der Waals surface area contributed by atoms with Crippen LogP contribution in [-0.4, -0.2) is 21.9 Å². The van der Waals surface area contributed by atoms with Crippen molar-refractivity contribution in [1.82, 2.24) is 9.97 Å². The summed E-state index contributed by atoms with van der Waals surface area (Å²) in [5.41, 5.74) is 1.93. The fourth-order valence-corrected chi connectivity index (χ4v) is 2.01. The first-order valence-corrected chi connectivity index (χ1v) is 7.17. The van der Waals surface area contributed by atoms with Crippen molar-refractivity contribution < 1.29 is 4.79 Å². The topological polar surface area (TPSA) is 66.9 Å². The molecule has 1 aliphatic rings. The fraction of sp³-hybridized carbons (Fsp3) is 0.267. The molecule has 1 fully saturated rings. The molecule has 6 heteroatoms. The third-order valence-corrected chi connectivity index (χ3v) is 3.64. The van der Waals surface area contributed by atoms with Gasteiger partial charge in [0.2, 0.25) is 5.95 Å². The molecule has 1 saturated carbocycles. The van der Waals surface area contributed by atoms with Crippen molar-refractivity contribution in [2.45, 2.75) is 25.8 Å². The molecule has 0 bridgehead atoms. The summed E-state index contributed by atoms with van der Waals surface area (Å²) in [6, 6.07) is 7.42. The van der Waals surface area contributed by atoms with E-state index in [1.807, 2.05) is 19.1 Å². The standard InChI is InChI=1S/C15H15ClN4O/c1-9-2-3-11(8-12(9)16)18-14(21)13-6-7-17-15(20-13)19-10-4-5-10/h2-3,6-8,10H,4-5H2,1H3,(H,18,21)(H,17,19,20). The van der Waals surface area contributed by atoms with Crippen LogP contribution in [0.25, 0.3) is 0 Å². The molecule has 0 aliphatic heterocycles. The Morgan fingerprint density at radius 2 is 2.14 bits per heavy atom. The third kappa shape index (κ3) is 3.49. The molecular formula is C15H15ClN4O. The van der Waals surface area contributed by atoms with Gasteiger partial charge in [-0.3, -0.25) is 4.79 Å². The van der Waals surface area contributed by atoms with Crippen LogP contribution >= 0.6 is 11.6 Å². The zero-order valence-corrected chi connectivity index (χ0v) is 12.3. The molecule has 108 valence electrons. The maximum atomic E-state index is 12.2. The van der Waals surface area contributed by atoms with E-state index in [1.54, 1.807) is 18.3 Å². The van der Waals surface area contributed by atoms with Gasteiger partial charge in [-0.1, -0.05) is 17.7 Å². The summed E-state index contributed by atoms with van der Waals surface area (Å²) in [5, 5.41) is 6.57. The minimum atomic E-state index is -0.281. The van der Waals surface area contributed by atoms with Gasteiger partial charge in [-0.2, -0.15) is 0 Å². The van der Waals surface area contributed by atoms with E-state index in [0.717, 1.165) is 18.4 Å². The first-order valence-electron chi connectivity index (χ1n) is 6.79. The number of rotatable bonds is 4. The van der Waals surface area contributed by atoms with Gasteiger partial charge in [-0.25, -0.2) is 9.97 Å². The number of benzene rings is 1. The highest BCUT2D eigenvalue weighted by molar-refractivity contribution is 6.31. The van der Waals surface area contributed by atoms with Crippen LogP contribution in [0.3, 0.4) is 0 Å². The van der Waals surface area contributed by atoms with Gasteiger partial charge in [0.1, 0.15) is 5.69 Å². The lowest BCUT2D eigenvalue weighted by Gasteiger charge is -2.08. The average molecular weight is 303 g/mol. The highest BCUT2D eigenvalue weighted by atomic mass is 35.5. The first-order chi connectivity index (χ1) is 10.1. The Labute approximate surface area is 127 Å². The molecule has 1 heterocycles. The predicted molar refractivity (Wildman–Crippen MR) is 82.8 cm³/mol. The fourth-order valence-electron chi connectivity index (χ4n) is 1.83. The number of nitrogens with zero attached hydrogens (tertiary/aromatic N) is 2. The third-order valence-electron chi connectivity index (χ3n) is 3.23. The minimum Gasteiger partial charge on any atom is -0.351 e. The second-order valence-corrected chi connectivity index (χ2v) is 5.51. The molecule has 0 radical (unpaired) electrons. The van der Waals surface area contributed by atoms with Gasteiger partial charge in [0, 0.05) is 22.9 Å². The van der Waals surface area contributed by atoms with Crippen LogP contribution in [0.2, 0.25) is 5.02 Å². The van der Waals surface area contributed by atoms with Gasteiger partial charge in [-0.15, -0.1) is 0 Å². The molecule has 2 aromatic rings.